The van der Waals surface area contributed by atoms with Gasteiger partial charge >= 0.3 is 0 Å². The third-order valence-electron chi connectivity index (χ3n) is 6.01. The molecule has 0 aromatic heterocycles. The molecule has 8 heteroatoms. The molecule has 2 aliphatic heterocycles. The van der Waals surface area contributed by atoms with Crippen LogP contribution in [0.5, 0.6) is 23.0 Å². The van der Waals surface area contributed by atoms with E-state index in [-0.39, 0.29) is 34.4 Å². The molecular weight excluding hydrogens is 432 g/mol. The molecule has 2 atom stereocenters. The summed E-state index contributed by atoms with van der Waals surface area (Å²) in [4.78, 5) is 0. The largest absolute Gasteiger partial charge is 0.508 e. The fourth-order valence-electron chi connectivity index (χ4n) is 4.45. The van der Waals surface area contributed by atoms with Crippen LogP contribution in [0.1, 0.15) is 34.1 Å². The molecule has 2 heterocycles. The van der Waals surface area contributed by atoms with E-state index in [0.717, 1.165) is 11.1 Å². The second-order valence-electron chi connectivity index (χ2n) is 7.96. The molecule has 0 bridgehead atoms. The van der Waals surface area contributed by atoms with Crippen LogP contribution in [0.15, 0.2) is 83.6 Å². The van der Waals surface area contributed by atoms with Crippen molar-refractivity contribution < 1.29 is 19.7 Å². The first kappa shape index (κ1) is 20.8. The van der Waals surface area contributed by atoms with Gasteiger partial charge in [0.1, 0.15) is 46.3 Å². The van der Waals surface area contributed by atoms with Crippen LogP contribution >= 0.6 is 0 Å². The van der Waals surface area contributed by atoms with E-state index in [0.29, 0.717) is 22.6 Å². The lowest BCUT2D eigenvalue weighted by atomic mass is 9.80. The monoisotopic (exact) mass is 450 g/mol. The van der Waals surface area contributed by atoms with Gasteiger partial charge in [0.25, 0.3) is 0 Å². The van der Waals surface area contributed by atoms with E-state index in [1.54, 1.807) is 12.1 Å². The van der Waals surface area contributed by atoms with Gasteiger partial charge in [0.2, 0.25) is 11.8 Å². The predicted molar refractivity (Wildman–Crippen MR) is 121 cm³/mol. The van der Waals surface area contributed by atoms with E-state index in [2.05, 4.69) is 12.1 Å². The van der Waals surface area contributed by atoms with Crippen molar-refractivity contribution in [3.8, 4) is 35.1 Å². The van der Waals surface area contributed by atoms with Crippen molar-refractivity contribution in [2.45, 2.75) is 11.8 Å². The van der Waals surface area contributed by atoms with Crippen LogP contribution in [0.2, 0.25) is 0 Å². The number of nitrogens with zero attached hydrogens (tertiary/aromatic N) is 2. The van der Waals surface area contributed by atoms with Gasteiger partial charge in [-0.1, -0.05) is 36.4 Å². The van der Waals surface area contributed by atoms with Gasteiger partial charge in [0, 0.05) is 23.3 Å². The lowest BCUT2D eigenvalue weighted by Crippen LogP contribution is -2.22. The maximum Gasteiger partial charge on any atom is 0.205 e. The number of nitrogens with two attached hydrogens (primary N) is 2. The number of nitriles is 2. The molecule has 0 aliphatic carbocycles. The van der Waals surface area contributed by atoms with Crippen molar-refractivity contribution in [3.05, 3.63) is 106 Å². The number of allylic oxidation sites excluding steroid dienone is 2. The molecule has 166 valence electrons. The first-order valence-corrected chi connectivity index (χ1v) is 10.3. The van der Waals surface area contributed by atoms with Crippen molar-refractivity contribution in [2.75, 3.05) is 0 Å². The number of hydrogen-bond acceptors (Lipinski definition) is 8. The highest BCUT2D eigenvalue weighted by Gasteiger charge is 2.33. The summed E-state index contributed by atoms with van der Waals surface area (Å²) in [5.41, 5.74) is 15.5. The van der Waals surface area contributed by atoms with Crippen LogP contribution in [0.3, 0.4) is 0 Å². The van der Waals surface area contributed by atoms with Gasteiger partial charge in [0.15, 0.2) is 0 Å². The van der Waals surface area contributed by atoms with Gasteiger partial charge in [-0.25, -0.2) is 0 Å². The minimum Gasteiger partial charge on any atom is -0.508 e. The van der Waals surface area contributed by atoms with Crippen LogP contribution in [-0.2, 0) is 0 Å². The van der Waals surface area contributed by atoms with Gasteiger partial charge < -0.3 is 31.2 Å². The van der Waals surface area contributed by atoms with Crippen molar-refractivity contribution in [1.29, 1.82) is 10.5 Å². The first-order chi connectivity index (χ1) is 16.4. The van der Waals surface area contributed by atoms with E-state index >= 15 is 0 Å². The highest BCUT2D eigenvalue weighted by molar-refractivity contribution is 5.60. The van der Waals surface area contributed by atoms with Crippen LogP contribution in [0.4, 0.5) is 0 Å². The number of phenolic OH excluding ortho intramolecular Hbond substituents is 2. The Morgan fingerprint density at radius 2 is 1.03 bits per heavy atom. The van der Waals surface area contributed by atoms with Crippen LogP contribution in [-0.4, -0.2) is 10.2 Å². The zero-order chi connectivity index (χ0) is 24.0. The summed E-state index contributed by atoms with van der Waals surface area (Å²) < 4.78 is 11.1. The SMILES string of the molecule is N#CC1=C(N)Oc2cc(O)ccc2C1c1ccc(C2C(C#N)=C(N)Oc3cc(O)ccc32)cc1. The number of aromatic hydroxyl groups is 2. The molecule has 2 unspecified atom stereocenters. The minimum absolute atomic E-state index is 0.0182. The molecule has 5 rings (SSSR count). The highest BCUT2D eigenvalue weighted by Crippen LogP contribution is 2.46. The van der Waals surface area contributed by atoms with Gasteiger partial charge in [-0.3, -0.25) is 0 Å². The number of phenols is 2. The van der Waals surface area contributed by atoms with E-state index in [1.807, 2.05) is 24.3 Å². The third-order valence-corrected chi connectivity index (χ3v) is 6.01. The smallest absolute Gasteiger partial charge is 0.205 e. The Kier molecular flexibility index (Phi) is 4.77. The highest BCUT2D eigenvalue weighted by atomic mass is 16.5. The van der Waals surface area contributed by atoms with Crippen LogP contribution < -0.4 is 20.9 Å². The molecule has 34 heavy (non-hydrogen) atoms. The van der Waals surface area contributed by atoms with Gasteiger partial charge in [-0.05, 0) is 23.3 Å². The molecule has 8 nitrogen and oxygen atoms in total. The maximum absolute atomic E-state index is 9.83. The Balaban J connectivity index is 1.61. The minimum atomic E-state index is -0.488. The molecule has 0 saturated heterocycles. The molecule has 0 spiro atoms. The summed E-state index contributed by atoms with van der Waals surface area (Å²) in [7, 11) is 0. The average molecular weight is 450 g/mol. The molecule has 3 aromatic carbocycles. The average Bonchev–Trinajstić information content (AvgIpc) is 2.82. The lowest BCUT2D eigenvalue weighted by Gasteiger charge is -2.28. The van der Waals surface area contributed by atoms with Crippen molar-refractivity contribution in [1.82, 2.24) is 0 Å². The number of rotatable bonds is 2. The normalized spacial score (nSPS) is 18.6. The standard InChI is InChI=1S/C26H18N4O4/c27-11-19-23(17-7-5-15(31)9-21(17)33-25(19)29)13-1-2-14(4-3-13)24-18-8-6-16(32)10-22(18)34-26(30)20(24)12-28/h1-10,23-24,31-32H,29-30H2. The Hall–Kier alpha value is -5.08. The topological polar surface area (TPSA) is 159 Å². The Labute approximate surface area is 194 Å². The number of hydrogen-bond donors (Lipinski definition) is 4. The maximum atomic E-state index is 9.83. The van der Waals surface area contributed by atoms with Gasteiger partial charge in [0.05, 0.1) is 11.8 Å². The molecule has 0 radical (unpaired) electrons. The molecule has 3 aromatic rings. The fourth-order valence-corrected chi connectivity index (χ4v) is 4.45. The second-order valence-corrected chi connectivity index (χ2v) is 7.96. The first-order valence-electron chi connectivity index (χ1n) is 10.3. The molecule has 6 N–H and O–H groups in total. The van der Waals surface area contributed by atoms with Gasteiger partial charge in [-0.15, -0.1) is 0 Å². The zero-order valence-corrected chi connectivity index (χ0v) is 17.7. The summed E-state index contributed by atoms with van der Waals surface area (Å²) in [5.74, 6) is -0.197. The summed E-state index contributed by atoms with van der Waals surface area (Å²) in [6, 6.07) is 21.1. The zero-order valence-electron chi connectivity index (χ0n) is 17.7. The summed E-state index contributed by atoms with van der Waals surface area (Å²) in [6.45, 7) is 0. The van der Waals surface area contributed by atoms with E-state index in [1.165, 1.54) is 24.3 Å². The number of benzene rings is 3. The summed E-state index contributed by atoms with van der Waals surface area (Å²) >= 11 is 0. The molecule has 0 amide bonds. The van der Waals surface area contributed by atoms with Crippen LogP contribution in [0, 0.1) is 22.7 Å². The quantitative estimate of drug-likeness (QED) is 0.461. The molecule has 2 aliphatic rings. The van der Waals surface area contributed by atoms with E-state index < -0.39 is 11.8 Å². The summed E-state index contributed by atoms with van der Waals surface area (Å²) in [6.07, 6.45) is 0. The number of ether oxygens (including phenoxy) is 2. The van der Waals surface area contributed by atoms with Crippen LogP contribution in [0.25, 0.3) is 0 Å². The number of fused-ring (bicyclic) bond motifs is 2. The van der Waals surface area contributed by atoms with E-state index in [9.17, 15) is 20.7 Å². The third kappa shape index (κ3) is 3.22. The van der Waals surface area contributed by atoms with Gasteiger partial charge in [-0.2, -0.15) is 10.5 Å². The lowest BCUT2D eigenvalue weighted by molar-refractivity contribution is 0.387. The second kappa shape index (κ2) is 7.80. The predicted octanol–water partition coefficient (Wildman–Crippen LogP) is 3.53. The van der Waals surface area contributed by atoms with E-state index in [4.69, 9.17) is 20.9 Å². The Bertz CT molecular complexity index is 1360. The Morgan fingerprint density at radius 3 is 1.38 bits per heavy atom. The van der Waals surface area contributed by atoms with Crippen molar-refractivity contribution in [2.24, 2.45) is 11.5 Å². The van der Waals surface area contributed by atoms with Crippen molar-refractivity contribution >= 4 is 0 Å². The van der Waals surface area contributed by atoms with Crippen molar-refractivity contribution in [3.63, 3.8) is 0 Å². The summed E-state index contributed by atoms with van der Waals surface area (Å²) in [5, 5.41) is 39.2. The molecule has 0 saturated carbocycles. The molecule has 0 fully saturated rings. The Morgan fingerprint density at radius 1 is 0.647 bits per heavy atom. The fraction of sp³-hybridized carbons (Fsp3) is 0.0769. The molecular formula is C26H18N4O4.